The maximum atomic E-state index is 10.9. The van der Waals surface area contributed by atoms with Crippen molar-refractivity contribution in [3.63, 3.8) is 0 Å². The van der Waals surface area contributed by atoms with Crippen molar-refractivity contribution < 1.29 is 14.6 Å². The van der Waals surface area contributed by atoms with Crippen LogP contribution in [0.3, 0.4) is 0 Å². The van der Waals surface area contributed by atoms with E-state index in [0.29, 0.717) is 13.0 Å². The Kier molecular flexibility index (Phi) is 8.24. The summed E-state index contributed by atoms with van der Waals surface area (Å²) >= 11 is 0. The Hall–Kier alpha value is -0.830. The number of carbonyl (C=O) groups is 1. The fourth-order valence-corrected chi connectivity index (χ4v) is 1.08. The number of esters is 1. The minimum absolute atomic E-state index is 0.370. The molecule has 14 heavy (non-hydrogen) atoms. The molecule has 82 valence electrons. The number of aliphatic hydroxyl groups is 1. The van der Waals surface area contributed by atoms with Gasteiger partial charge in [0.05, 0.1) is 12.7 Å². The lowest BCUT2D eigenvalue weighted by molar-refractivity contribution is -0.137. The van der Waals surface area contributed by atoms with Gasteiger partial charge in [-0.05, 0) is 19.4 Å². The average molecular weight is 200 g/mol. The molecule has 0 saturated carbocycles. The normalized spacial score (nSPS) is 13.1. The van der Waals surface area contributed by atoms with Crippen molar-refractivity contribution in [2.75, 3.05) is 6.61 Å². The van der Waals surface area contributed by atoms with Crippen molar-refractivity contribution in [1.82, 2.24) is 0 Å². The third kappa shape index (κ3) is 7.80. The summed E-state index contributed by atoms with van der Waals surface area (Å²) in [5, 5.41) is 9.40. The summed E-state index contributed by atoms with van der Waals surface area (Å²) in [6.07, 6.45) is 6.21. The van der Waals surface area contributed by atoms with Crippen LogP contribution in [0.1, 0.15) is 39.5 Å². The zero-order valence-corrected chi connectivity index (χ0v) is 9.03. The molecule has 0 aliphatic rings. The topological polar surface area (TPSA) is 46.5 Å². The van der Waals surface area contributed by atoms with Crippen molar-refractivity contribution >= 4 is 5.97 Å². The molecule has 1 N–H and O–H groups in total. The molecule has 0 bridgehead atoms. The second kappa shape index (κ2) is 8.75. The van der Waals surface area contributed by atoms with Gasteiger partial charge in [-0.15, -0.1) is 0 Å². The van der Waals surface area contributed by atoms with Gasteiger partial charge in [-0.25, -0.2) is 4.79 Å². The number of hydrogen-bond acceptors (Lipinski definition) is 3. The van der Waals surface area contributed by atoms with E-state index in [1.807, 2.05) is 0 Å². The van der Waals surface area contributed by atoms with Gasteiger partial charge < -0.3 is 9.84 Å². The molecule has 0 saturated heterocycles. The highest BCUT2D eigenvalue weighted by atomic mass is 16.5. The van der Waals surface area contributed by atoms with Crippen molar-refractivity contribution in [2.45, 2.75) is 45.6 Å². The number of unbranched alkanes of at least 4 members (excludes halogenated alkanes) is 2. The first kappa shape index (κ1) is 13.2. The van der Waals surface area contributed by atoms with E-state index in [1.165, 1.54) is 12.2 Å². The maximum Gasteiger partial charge on any atom is 0.330 e. The number of hydrogen-bond donors (Lipinski definition) is 1. The standard InChI is InChI=1S/C11H20O3/c1-3-5-6-7-10(12)8-9-11(13)14-4-2/h8-10,12H,3-7H2,1-2H3/b9-8+. The Labute approximate surface area is 85.8 Å². The second-order valence-electron chi connectivity index (χ2n) is 3.17. The molecule has 1 atom stereocenters. The van der Waals surface area contributed by atoms with Crippen LogP contribution < -0.4 is 0 Å². The van der Waals surface area contributed by atoms with Crippen LogP contribution in [-0.2, 0) is 9.53 Å². The smallest absolute Gasteiger partial charge is 0.330 e. The first-order valence-corrected chi connectivity index (χ1v) is 5.23. The molecule has 3 nitrogen and oxygen atoms in total. The fourth-order valence-electron chi connectivity index (χ4n) is 1.08. The molecule has 0 aromatic rings. The molecule has 1 unspecified atom stereocenters. The first-order chi connectivity index (χ1) is 6.70. The van der Waals surface area contributed by atoms with Gasteiger partial charge in [0, 0.05) is 6.08 Å². The number of ether oxygens (including phenoxy) is 1. The van der Waals surface area contributed by atoms with E-state index >= 15 is 0 Å². The van der Waals surface area contributed by atoms with Gasteiger partial charge in [-0.2, -0.15) is 0 Å². The average Bonchev–Trinajstić information content (AvgIpc) is 2.16. The van der Waals surface area contributed by atoms with Crippen molar-refractivity contribution in [3.05, 3.63) is 12.2 Å². The monoisotopic (exact) mass is 200 g/mol. The molecule has 0 fully saturated rings. The Morgan fingerprint density at radius 1 is 1.43 bits per heavy atom. The number of rotatable bonds is 7. The highest BCUT2D eigenvalue weighted by Gasteiger charge is 2.00. The van der Waals surface area contributed by atoms with E-state index in [9.17, 15) is 9.90 Å². The highest BCUT2D eigenvalue weighted by Crippen LogP contribution is 2.04. The molecule has 0 spiro atoms. The van der Waals surface area contributed by atoms with Crippen LogP contribution in [0.25, 0.3) is 0 Å². The van der Waals surface area contributed by atoms with E-state index in [0.717, 1.165) is 19.3 Å². The fraction of sp³-hybridized carbons (Fsp3) is 0.727. The van der Waals surface area contributed by atoms with Crippen LogP contribution in [0.4, 0.5) is 0 Å². The molecule has 0 radical (unpaired) electrons. The number of carbonyl (C=O) groups excluding carboxylic acids is 1. The van der Waals surface area contributed by atoms with Crippen molar-refractivity contribution in [1.29, 1.82) is 0 Å². The lowest BCUT2D eigenvalue weighted by Crippen LogP contribution is -2.05. The molecule has 0 aliphatic heterocycles. The first-order valence-electron chi connectivity index (χ1n) is 5.23. The van der Waals surface area contributed by atoms with E-state index < -0.39 is 6.10 Å². The van der Waals surface area contributed by atoms with Crippen LogP contribution in [0, 0.1) is 0 Å². The predicted octanol–water partition coefficient (Wildman–Crippen LogP) is 2.05. The zero-order valence-electron chi connectivity index (χ0n) is 9.03. The molecule has 0 heterocycles. The van der Waals surface area contributed by atoms with Crippen molar-refractivity contribution in [2.24, 2.45) is 0 Å². The van der Waals surface area contributed by atoms with E-state index in [4.69, 9.17) is 0 Å². The van der Waals surface area contributed by atoms with Gasteiger partial charge in [-0.3, -0.25) is 0 Å². The predicted molar refractivity (Wildman–Crippen MR) is 55.9 cm³/mol. The quantitative estimate of drug-likeness (QED) is 0.388. The summed E-state index contributed by atoms with van der Waals surface area (Å²) in [7, 11) is 0. The lowest BCUT2D eigenvalue weighted by Gasteiger charge is -2.03. The largest absolute Gasteiger partial charge is 0.463 e. The molecule has 0 aliphatic carbocycles. The van der Waals surface area contributed by atoms with Gasteiger partial charge in [0.2, 0.25) is 0 Å². The van der Waals surface area contributed by atoms with Crippen LogP contribution in [0.15, 0.2) is 12.2 Å². The third-order valence-electron chi connectivity index (χ3n) is 1.84. The molecule has 0 aromatic carbocycles. The van der Waals surface area contributed by atoms with Gasteiger partial charge in [0.15, 0.2) is 0 Å². The molecular formula is C11H20O3. The van der Waals surface area contributed by atoms with E-state index in [2.05, 4.69) is 11.7 Å². The van der Waals surface area contributed by atoms with Crippen LogP contribution in [0.5, 0.6) is 0 Å². The Bertz CT molecular complexity index is 175. The van der Waals surface area contributed by atoms with Crippen molar-refractivity contribution in [3.8, 4) is 0 Å². The van der Waals surface area contributed by atoms with E-state index in [-0.39, 0.29) is 5.97 Å². The molecule has 0 aromatic heterocycles. The Morgan fingerprint density at radius 3 is 2.71 bits per heavy atom. The molecular weight excluding hydrogens is 180 g/mol. The Balaban J connectivity index is 3.58. The third-order valence-corrected chi connectivity index (χ3v) is 1.84. The zero-order chi connectivity index (χ0) is 10.8. The minimum Gasteiger partial charge on any atom is -0.463 e. The summed E-state index contributed by atoms with van der Waals surface area (Å²) < 4.78 is 4.68. The summed E-state index contributed by atoms with van der Waals surface area (Å²) in [5.41, 5.74) is 0. The highest BCUT2D eigenvalue weighted by molar-refractivity contribution is 5.81. The maximum absolute atomic E-state index is 10.9. The lowest BCUT2D eigenvalue weighted by atomic mass is 10.1. The minimum atomic E-state index is -0.522. The molecule has 0 rings (SSSR count). The SMILES string of the molecule is CCCCCC(O)/C=C/C(=O)OCC. The van der Waals surface area contributed by atoms with Gasteiger partial charge in [-0.1, -0.05) is 26.2 Å². The number of aliphatic hydroxyl groups excluding tert-OH is 1. The van der Waals surface area contributed by atoms with Gasteiger partial charge in [0.1, 0.15) is 0 Å². The van der Waals surface area contributed by atoms with Gasteiger partial charge in [0.25, 0.3) is 0 Å². The summed E-state index contributed by atoms with van der Waals surface area (Å²) in [5.74, 6) is -0.387. The molecule has 0 amide bonds. The van der Waals surface area contributed by atoms with Crippen LogP contribution in [0.2, 0.25) is 0 Å². The van der Waals surface area contributed by atoms with E-state index in [1.54, 1.807) is 6.92 Å². The summed E-state index contributed by atoms with van der Waals surface area (Å²) in [4.78, 5) is 10.9. The summed E-state index contributed by atoms with van der Waals surface area (Å²) in [6.45, 7) is 4.24. The van der Waals surface area contributed by atoms with Crippen LogP contribution >= 0.6 is 0 Å². The summed E-state index contributed by atoms with van der Waals surface area (Å²) in [6, 6.07) is 0. The Morgan fingerprint density at radius 2 is 2.14 bits per heavy atom. The van der Waals surface area contributed by atoms with Crippen LogP contribution in [-0.4, -0.2) is 23.8 Å². The van der Waals surface area contributed by atoms with Gasteiger partial charge >= 0.3 is 5.97 Å². The molecule has 3 heteroatoms. The second-order valence-corrected chi connectivity index (χ2v) is 3.17.